The van der Waals surface area contributed by atoms with E-state index < -0.39 is 0 Å². The zero-order chi connectivity index (χ0) is 14.0. The van der Waals surface area contributed by atoms with Crippen LogP contribution < -0.4 is 15.2 Å². The highest BCUT2D eigenvalue weighted by Gasteiger charge is 2.18. The summed E-state index contributed by atoms with van der Waals surface area (Å²) in [6, 6.07) is 5.54. The van der Waals surface area contributed by atoms with E-state index in [4.69, 9.17) is 15.2 Å². The van der Waals surface area contributed by atoms with Crippen LogP contribution >= 0.6 is 0 Å². The molecule has 1 heterocycles. The molecule has 19 heavy (non-hydrogen) atoms. The van der Waals surface area contributed by atoms with E-state index in [1.807, 2.05) is 32.0 Å². The van der Waals surface area contributed by atoms with Crippen LogP contribution in [-0.4, -0.2) is 24.2 Å². The van der Waals surface area contributed by atoms with Gasteiger partial charge in [-0.15, -0.1) is 0 Å². The average Bonchev–Trinajstić information content (AvgIpc) is 2.42. The normalized spacial score (nSPS) is 10.3. The molecule has 0 spiro atoms. The van der Waals surface area contributed by atoms with Crippen LogP contribution in [0.2, 0.25) is 0 Å². The second kappa shape index (κ2) is 5.14. The highest BCUT2D eigenvalue weighted by Crippen LogP contribution is 2.39. The third-order valence-electron chi connectivity index (χ3n) is 3.00. The number of nitrogens with two attached hydrogens (primary N) is 1. The van der Waals surface area contributed by atoms with Crippen molar-refractivity contribution in [3.63, 3.8) is 0 Å². The molecular formula is C14H17N3O2. The molecule has 0 radical (unpaired) electrons. The van der Waals surface area contributed by atoms with Crippen molar-refractivity contribution in [1.82, 2.24) is 9.97 Å². The summed E-state index contributed by atoms with van der Waals surface area (Å²) in [6.07, 6.45) is 0. The van der Waals surface area contributed by atoms with Crippen LogP contribution in [0.15, 0.2) is 18.2 Å². The molecule has 1 aromatic carbocycles. The van der Waals surface area contributed by atoms with Crippen molar-refractivity contribution in [3.8, 4) is 22.8 Å². The lowest BCUT2D eigenvalue weighted by molar-refractivity contribution is 0.397. The summed E-state index contributed by atoms with van der Waals surface area (Å²) < 4.78 is 10.7. The number of methoxy groups -OCH3 is 2. The first-order chi connectivity index (χ1) is 9.08. The van der Waals surface area contributed by atoms with Crippen LogP contribution in [0, 0.1) is 13.8 Å². The SMILES string of the molecule is COc1cccc(OC)c1-c1nc(C)c(C)nc1N. The molecule has 2 N–H and O–H groups in total. The van der Waals surface area contributed by atoms with Crippen molar-refractivity contribution in [1.29, 1.82) is 0 Å². The Bertz CT molecular complexity index is 590. The topological polar surface area (TPSA) is 70.3 Å². The van der Waals surface area contributed by atoms with Crippen LogP contribution in [0.5, 0.6) is 11.5 Å². The van der Waals surface area contributed by atoms with Crippen molar-refractivity contribution in [2.45, 2.75) is 13.8 Å². The second-order valence-corrected chi connectivity index (χ2v) is 4.17. The first-order valence-corrected chi connectivity index (χ1v) is 5.90. The van der Waals surface area contributed by atoms with Crippen LogP contribution in [0.3, 0.4) is 0 Å². The molecule has 2 rings (SSSR count). The van der Waals surface area contributed by atoms with Gasteiger partial charge in [-0.3, -0.25) is 0 Å². The molecule has 0 saturated carbocycles. The van der Waals surface area contributed by atoms with Crippen LogP contribution in [0.25, 0.3) is 11.3 Å². The summed E-state index contributed by atoms with van der Waals surface area (Å²) in [6.45, 7) is 3.77. The van der Waals surface area contributed by atoms with E-state index in [1.54, 1.807) is 14.2 Å². The van der Waals surface area contributed by atoms with Crippen LogP contribution in [0.1, 0.15) is 11.4 Å². The number of ether oxygens (including phenoxy) is 2. The maximum absolute atomic E-state index is 5.98. The maximum atomic E-state index is 5.98. The molecule has 2 aromatic rings. The molecule has 0 amide bonds. The summed E-state index contributed by atoms with van der Waals surface area (Å²) in [5, 5.41) is 0. The number of nitrogens with zero attached hydrogens (tertiary/aromatic N) is 2. The number of aryl methyl sites for hydroxylation is 2. The minimum Gasteiger partial charge on any atom is -0.496 e. The maximum Gasteiger partial charge on any atom is 0.150 e. The first-order valence-electron chi connectivity index (χ1n) is 5.90. The fraction of sp³-hybridized carbons (Fsp3) is 0.286. The number of anilines is 1. The Morgan fingerprint density at radius 3 is 2.00 bits per heavy atom. The Kier molecular flexibility index (Phi) is 3.55. The van der Waals surface area contributed by atoms with Gasteiger partial charge in [-0.05, 0) is 26.0 Å². The lowest BCUT2D eigenvalue weighted by Gasteiger charge is -2.14. The Labute approximate surface area is 112 Å². The highest BCUT2D eigenvalue weighted by molar-refractivity contribution is 5.80. The number of hydrogen-bond donors (Lipinski definition) is 1. The van der Waals surface area contributed by atoms with E-state index in [-0.39, 0.29) is 0 Å². The molecule has 0 fully saturated rings. The summed E-state index contributed by atoms with van der Waals surface area (Å²) in [4.78, 5) is 8.82. The summed E-state index contributed by atoms with van der Waals surface area (Å²) in [5.74, 6) is 1.68. The van der Waals surface area contributed by atoms with Gasteiger partial charge >= 0.3 is 0 Å². The molecule has 5 nitrogen and oxygen atoms in total. The lowest BCUT2D eigenvalue weighted by atomic mass is 10.1. The van der Waals surface area contributed by atoms with Gasteiger partial charge in [-0.25, -0.2) is 9.97 Å². The minimum absolute atomic E-state index is 0.367. The molecule has 0 atom stereocenters. The van der Waals surface area contributed by atoms with Crippen LogP contribution in [-0.2, 0) is 0 Å². The Morgan fingerprint density at radius 1 is 0.947 bits per heavy atom. The standard InChI is InChI=1S/C14H17N3O2/c1-8-9(2)17-14(15)13(16-8)12-10(18-3)6-5-7-11(12)19-4/h5-7H,1-4H3,(H2,15,17). The van der Waals surface area contributed by atoms with Gasteiger partial charge in [0, 0.05) is 0 Å². The monoisotopic (exact) mass is 259 g/mol. The lowest BCUT2D eigenvalue weighted by Crippen LogP contribution is -2.04. The molecule has 5 heteroatoms. The molecule has 1 aromatic heterocycles. The number of benzene rings is 1. The largest absolute Gasteiger partial charge is 0.496 e. The summed E-state index contributed by atoms with van der Waals surface area (Å²) >= 11 is 0. The molecule has 0 aliphatic heterocycles. The predicted octanol–water partition coefficient (Wildman–Crippen LogP) is 2.36. The number of nitrogen functional groups attached to an aromatic ring is 1. The molecule has 0 aliphatic rings. The van der Waals surface area contributed by atoms with Crippen molar-refractivity contribution in [2.24, 2.45) is 0 Å². The third-order valence-corrected chi connectivity index (χ3v) is 3.00. The van der Waals surface area contributed by atoms with Crippen LogP contribution in [0.4, 0.5) is 5.82 Å². The molecule has 0 aliphatic carbocycles. The van der Waals surface area contributed by atoms with Crippen molar-refractivity contribution >= 4 is 5.82 Å². The Morgan fingerprint density at radius 2 is 1.47 bits per heavy atom. The van der Waals surface area contributed by atoms with E-state index in [9.17, 15) is 0 Å². The van der Waals surface area contributed by atoms with E-state index in [0.717, 1.165) is 17.0 Å². The zero-order valence-corrected chi connectivity index (χ0v) is 11.5. The highest BCUT2D eigenvalue weighted by atomic mass is 16.5. The molecule has 0 saturated heterocycles. The van der Waals surface area contributed by atoms with Gasteiger partial charge in [-0.2, -0.15) is 0 Å². The van der Waals surface area contributed by atoms with Crippen molar-refractivity contribution in [3.05, 3.63) is 29.6 Å². The van der Waals surface area contributed by atoms with Gasteiger partial charge in [-0.1, -0.05) is 6.07 Å². The first kappa shape index (κ1) is 13.1. The quantitative estimate of drug-likeness (QED) is 0.916. The van der Waals surface area contributed by atoms with Gasteiger partial charge < -0.3 is 15.2 Å². The second-order valence-electron chi connectivity index (χ2n) is 4.17. The van der Waals surface area contributed by atoms with Crippen molar-refractivity contribution < 1.29 is 9.47 Å². The van der Waals surface area contributed by atoms with E-state index >= 15 is 0 Å². The van der Waals surface area contributed by atoms with Gasteiger partial charge in [0.25, 0.3) is 0 Å². The molecular weight excluding hydrogens is 242 g/mol. The van der Waals surface area contributed by atoms with Gasteiger partial charge in [0.15, 0.2) is 5.82 Å². The van der Waals surface area contributed by atoms with E-state index in [1.165, 1.54) is 0 Å². The van der Waals surface area contributed by atoms with E-state index in [0.29, 0.717) is 23.0 Å². The number of aromatic nitrogens is 2. The summed E-state index contributed by atoms with van der Waals surface area (Å²) in [5.41, 5.74) is 8.93. The number of hydrogen-bond acceptors (Lipinski definition) is 5. The fourth-order valence-corrected chi connectivity index (χ4v) is 1.89. The Balaban J connectivity index is 2.74. The summed E-state index contributed by atoms with van der Waals surface area (Å²) in [7, 11) is 3.20. The average molecular weight is 259 g/mol. The van der Waals surface area contributed by atoms with E-state index in [2.05, 4.69) is 9.97 Å². The minimum atomic E-state index is 0.367. The van der Waals surface area contributed by atoms with Gasteiger partial charge in [0.1, 0.15) is 17.2 Å². The zero-order valence-electron chi connectivity index (χ0n) is 11.5. The molecule has 0 unspecified atom stereocenters. The third kappa shape index (κ3) is 2.31. The van der Waals surface area contributed by atoms with Gasteiger partial charge in [0.05, 0.1) is 31.2 Å². The molecule has 100 valence electrons. The van der Waals surface area contributed by atoms with Crippen molar-refractivity contribution in [2.75, 3.05) is 20.0 Å². The fourth-order valence-electron chi connectivity index (χ4n) is 1.89. The predicted molar refractivity (Wildman–Crippen MR) is 74.5 cm³/mol. The number of rotatable bonds is 3. The molecule has 0 bridgehead atoms. The smallest absolute Gasteiger partial charge is 0.150 e. The Hall–Kier alpha value is -2.30. The van der Waals surface area contributed by atoms with Gasteiger partial charge in [0.2, 0.25) is 0 Å².